The maximum absolute atomic E-state index is 12.3. The van der Waals surface area contributed by atoms with Crippen LogP contribution in [0.3, 0.4) is 0 Å². The van der Waals surface area contributed by atoms with Gasteiger partial charge in [-0.05, 0) is 55.2 Å². The number of methoxy groups -OCH3 is 1. The minimum Gasteiger partial charge on any atom is -0.496 e. The summed E-state index contributed by atoms with van der Waals surface area (Å²) in [5.41, 5.74) is 3.01. The topological polar surface area (TPSA) is 41.6 Å². The van der Waals surface area contributed by atoms with Crippen LogP contribution in [0.2, 0.25) is 0 Å². The first kappa shape index (κ1) is 16.4. The van der Waals surface area contributed by atoms with Gasteiger partial charge in [-0.3, -0.25) is 4.79 Å². The smallest absolute Gasteiger partial charge is 0.251 e. The Hall–Kier alpha value is -2.49. The molecule has 1 heterocycles. The number of para-hydroxylation sites is 1. The van der Waals surface area contributed by atoms with Crippen molar-refractivity contribution in [2.75, 3.05) is 31.6 Å². The third-order valence-electron chi connectivity index (χ3n) is 4.47. The molecule has 1 fully saturated rings. The molecule has 1 aliphatic heterocycles. The van der Waals surface area contributed by atoms with E-state index in [-0.39, 0.29) is 5.91 Å². The Morgan fingerprint density at radius 1 is 1.08 bits per heavy atom. The number of nitrogens with one attached hydrogen (secondary N) is 1. The maximum Gasteiger partial charge on any atom is 0.251 e. The monoisotopic (exact) mass is 324 g/mol. The van der Waals surface area contributed by atoms with Gasteiger partial charge >= 0.3 is 0 Å². The summed E-state index contributed by atoms with van der Waals surface area (Å²) in [5.74, 6) is 0.833. The average molecular weight is 324 g/mol. The minimum atomic E-state index is -0.0298. The normalized spacial score (nSPS) is 13.8. The van der Waals surface area contributed by atoms with Crippen LogP contribution in [0.4, 0.5) is 5.69 Å². The molecule has 0 aliphatic carbocycles. The number of ether oxygens (including phenoxy) is 1. The van der Waals surface area contributed by atoms with Gasteiger partial charge in [-0.25, -0.2) is 0 Å². The number of carbonyl (C=O) groups is 1. The molecule has 3 rings (SSSR count). The molecule has 1 saturated heterocycles. The van der Waals surface area contributed by atoms with Crippen LogP contribution in [0.15, 0.2) is 48.5 Å². The molecular formula is C20H24N2O2. The molecule has 0 atom stereocenters. The third-order valence-corrected chi connectivity index (χ3v) is 4.47. The molecule has 0 aromatic heterocycles. The lowest BCUT2D eigenvalue weighted by molar-refractivity contribution is 0.0954. The largest absolute Gasteiger partial charge is 0.496 e. The van der Waals surface area contributed by atoms with Gasteiger partial charge in [0.15, 0.2) is 0 Å². The lowest BCUT2D eigenvalue weighted by Crippen LogP contribution is -2.26. The highest BCUT2D eigenvalue weighted by atomic mass is 16.5. The second-order valence-corrected chi connectivity index (χ2v) is 6.06. The molecule has 2 aromatic carbocycles. The number of carbonyl (C=O) groups excluding carboxylic acids is 1. The Morgan fingerprint density at radius 2 is 1.79 bits per heavy atom. The van der Waals surface area contributed by atoms with E-state index < -0.39 is 0 Å². The Balaban J connectivity index is 1.53. The second kappa shape index (κ2) is 7.86. The molecule has 126 valence electrons. The Kier molecular flexibility index (Phi) is 5.36. The van der Waals surface area contributed by atoms with E-state index in [4.69, 9.17) is 4.74 Å². The highest BCUT2D eigenvalue weighted by molar-refractivity contribution is 5.94. The zero-order chi connectivity index (χ0) is 16.8. The van der Waals surface area contributed by atoms with Gasteiger partial charge in [-0.2, -0.15) is 0 Å². The first-order chi connectivity index (χ1) is 11.8. The predicted octanol–water partition coefficient (Wildman–Crippen LogP) is 3.27. The Morgan fingerprint density at radius 3 is 2.50 bits per heavy atom. The van der Waals surface area contributed by atoms with Gasteiger partial charge in [0.25, 0.3) is 5.91 Å². The van der Waals surface area contributed by atoms with Crippen LogP contribution in [0.5, 0.6) is 5.75 Å². The SMILES string of the molecule is COc1ccccc1CCNC(=O)c1ccc(N2CCCC2)cc1. The quantitative estimate of drug-likeness (QED) is 0.887. The second-order valence-electron chi connectivity index (χ2n) is 6.06. The number of anilines is 1. The highest BCUT2D eigenvalue weighted by Gasteiger charge is 2.13. The third kappa shape index (κ3) is 3.88. The molecular weight excluding hydrogens is 300 g/mol. The van der Waals surface area contributed by atoms with Crippen molar-refractivity contribution in [3.05, 3.63) is 59.7 Å². The van der Waals surface area contributed by atoms with Crippen LogP contribution in [0.25, 0.3) is 0 Å². The fraction of sp³-hybridized carbons (Fsp3) is 0.350. The average Bonchev–Trinajstić information content (AvgIpc) is 3.17. The summed E-state index contributed by atoms with van der Waals surface area (Å²) in [6.07, 6.45) is 3.26. The van der Waals surface area contributed by atoms with Gasteiger partial charge in [0.2, 0.25) is 0 Å². The molecule has 1 aliphatic rings. The van der Waals surface area contributed by atoms with Gasteiger partial charge < -0.3 is 15.0 Å². The van der Waals surface area contributed by atoms with Gasteiger partial charge in [0.1, 0.15) is 5.75 Å². The van der Waals surface area contributed by atoms with Gasteiger partial charge in [-0.1, -0.05) is 18.2 Å². The summed E-state index contributed by atoms with van der Waals surface area (Å²) < 4.78 is 5.33. The van der Waals surface area contributed by atoms with Crippen LogP contribution >= 0.6 is 0 Å². The molecule has 0 unspecified atom stereocenters. The standard InChI is InChI=1S/C20H24N2O2/c1-24-19-7-3-2-6-16(19)12-13-21-20(23)17-8-10-18(11-9-17)22-14-4-5-15-22/h2-3,6-11H,4-5,12-15H2,1H3,(H,21,23). The van der Waals surface area contributed by atoms with Crippen molar-refractivity contribution in [3.8, 4) is 5.75 Å². The molecule has 0 spiro atoms. The Bertz CT molecular complexity index is 676. The molecule has 0 bridgehead atoms. The number of amides is 1. The van der Waals surface area contributed by atoms with Crippen molar-refractivity contribution in [2.24, 2.45) is 0 Å². The van der Waals surface area contributed by atoms with Gasteiger partial charge in [-0.15, -0.1) is 0 Å². The summed E-state index contributed by atoms with van der Waals surface area (Å²) in [6.45, 7) is 2.82. The first-order valence-electron chi connectivity index (χ1n) is 8.53. The lowest BCUT2D eigenvalue weighted by Gasteiger charge is -2.17. The maximum atomic E-state index is 12.3. The molecule has 0 saturated carbocycles. The van der Waals surface area contributed by atoms with E-state index in [1.165, 1.54) is 18.5 Å². The van der Waals surface area contributed by atoms with E-state index in [2.05, 4.69) is 10.2 Å². The molecule has 4 nitrogen and oxygen atoms in total. The molecule has 4 heteroatoms. The number of nitrogens with zero attached hydrogens (tertiary/aromatic N) is 1. The molecule has 1 amide bonds. The van der Waals surface area contributed by atoms with Crippen molar-refractivity contribution in [3.63, 3.8) is 0 Å². The van der Waals surface area contributed by atoms with Crippen molar-refractivity contribution in [1.82, 2.24) is 5.32 Å². The predicted molar refractivity (Wildman–Crippen MR) is 96.9 cm³/mol. The Labute approximate surface area is 143 Å². The molecule has 24 heavy (non-hydrogen) atoms. The minimum absolute atomic E-state index is 0.0298. The number of hydrogen-bond acceptors (Lipinski definition) is 3. The van der Waals surface area contributed by atoms with E-state index in [0.717, 1.165) is 30.8 Å². The van der Waals surface area contributed by atoms with E-state index in [1.54, 1.807) is 7.11 Å². The number of hydrogen-bond donors (Lipinski definition) is 1. The van der Waals surface area contributed by atoms with E-state index in [1.807, 2.05) is 48.5 Å². The fourth-order valence-corrected chi connectivity index (χ4v) is 3.12. The molecule has 0 radical (unpaired) electrons. The van der Waals surface area contributed by atoms with Crippen molar-refractivity contribution >= 4 is 11.6 Å². The van der Waals surface area contributed by atoms with Crippen LogP contribution < -0.4 is 15.0 Å². The number of rotatable bonds is 6. The summed E-state index contributed by atoms with van der Waals surface area (Å²) in [4.78, 5) is 14.6. The van der Waals surface area contributed by atoms with E-state index in [0.29, 0.717) is 12.1 Å². The first-order valence-corrected chi connectivity index (χ1v) is 8.53. The zero-order valence-corrected chi connectivity index (χ0v) is 14.1. The summed E-state index contributed by atoms with van der Waals surface area (Å²) in [5, 5.41) is 2.98. The van der Waals surface area contributed by atoms with Crippen molar-refractivity contribution in [1.29, 1.82) is 0 Å². The number of benzene rings is 2. The summed E-state index contributed by atoms with van der Waals surface area (Å²) >= 11 is 0. The van der Waals surface area contributed by atoms with Crippen molar-refractivity contribution < 1.29 is 9.53 Å². The van der Waals surface area contributed by atoms with E-state index in [9.17, 15) is 4.79 Å². The van der Waals surface area contributed by atoms with Crippen LogP contribution in [0.1, 0.15) is 28.8 Å². The van der Waals surface area contributed by atoms with Crippen LogP contribution in [-0.2, 0) is 6.42 Å². The van der Waals surface area contributed by atoms with Gasteiger partial charge in [0.05, 0.1) is 7.11 Å². The molecule has 1 N–H and O–H groups in total. The zero-order valence-electron chi connectivity index (χ0n) is 14.1. The summed E-state index contributed by atoms with van der Waals surface area (Å²) in [7, 11) is 1.67. The van der Waals surface area contributed by atoms with Crippen LogP contribution in [-0.4, -0.2) is 32.7 Å². The van der Waals surface area contributed by atoms with Gasteiger partial charge in [0, 0.05) is 30.9 Å². The fourth-order valence-electron chi connectivity index (χ4n) is 3.12. The van der Waals surface area contributed by atoms with Crippen LogP contribution in [0, 0.1) is 0 Å². The van der Waals surface area contributed by atoms with Crippen molar-refractivity contribution in [2.45, 2.75) is 19.3 Å². The molecule has 2 aromatic rings. The summed E-state index contributed by atoms with van der Waals surface area (Å²) in [6, 6.07) is 15.8. The highest BCUT2D eigenvalue weighted by Crippen LogP contribution is 2.20. The lowest BCUT2D eigenvalue weighted by atomic mass is 10.1. The van der Waals surface area contributed by atoms with E-state index >= 15 is 0 Å².